The second-order valence-electron chi connectivity index (χ2n) is 9.21. The van der Waals surface area contributed by atoms with Crippen molar-refractivity contribution in [2.45, 2.75) is 38.5 Å². The Kier molecular flexibility index (Phi) is 9.74. The molecule has 0 bridgehead atoms. The number of aryl methyl sites for hydroxylation is 1. The Balaban J connectivity index is 2.05. The minimum atomic E-state index is -6.59. The summed E-state index contributed by atoms with van der Waals surface area (Å²) >= 11 is 0. The number of carbonyl (C=O) groups excluding carboxylic acids is 3. The van der Waals surface area contributed by atoms with Gasteiger partial charge in [-0.2, -0.15) is 35.1 Å². The van der Waals surface area contributed by atoms with Gasteiger partial charge in [-0.05, 0) is 61.4 Å². The molecule has 17 heteroatoms. The molecule has 242 valence electrons. The summed E-state index contributed by atoms with van der Waals surface area (Å²) in [5.41, 5.74) is -11.6. The molecule has 0 fully saturated rings. The summed E-state index contributed by atoms with van der Waals surface area (Å²) in [7, 11) is 0. The van der Waals surface area contributed by atoms with Crippen LogP contribution < -0.4 is 20.1 Å². The summed E-state index contributed by atoms with van der Waals surface area (Å²) in [6.07, 6.45) is -13.2. The summed E-state index contributed by atoms with van der Waals surface area (Å²) in [5.74, 6) is -6.70. The van der Waals surface area contributed by atoms with Gasteiger partial charge in [0, 0.05) is 17.7 Å². The van der Waals surface area contributed by atoms with Crippen LogP contribution in [-0.2, 0) is 5.67 Å². The molecule has 0 aliphatic rings. The number of benzene rings is 3. The molecule has 0 saturated heterocycles. The molecule has 0 spiro atoms. The maximum Gasteiger partial charge on any atom is 0.435 e. The number of hydrogen-bond acceptors (Lipinski definition) is 5. The average molecular weight is 653 g/mol. The van der Waals surface area contributed by atoms with Crippen LogP contribution in [0.2, 0.25) is 0 Å². The van der Waals surface area contributed by atoms with Gasteiger partial charge in [-0.15, -0.1) is 0 Å². The van der Waals surface area contributed by atoms with Crippen LogP contribution in [0.5, 0.6) is 5.75 Å². The van der Waals surface area contributed by atoms with Gasteiger partial charge in [0.1, 0.15) is 5.75 Å². The quantitative estimate of drug-likeness (QED) is 0.273. The molecule has 0 unspecified atom stereocenters. The molecular weight excluding hydrogens is 634 g/mol. The van der Waals surface area contributed by atoms with E-state index in [1.165, 1.54) is 6.92 Å². The normalized spacial score (nSPS) is 12.2. The van der Waals surface area contributed by atoms with E-state index in [2.05, 4.69) is 4.74 Å². The molecule has 0 heterocycles. The third-order valence-electron chi connectivity index (χ3n) is 6.38. The SMILES string of the molecule is CCN(C(=O)c1ccc(C(=O)[O-])cc1)c1cccc(C(=O)Nc2c(C)cc(C(F)(C(F)(F)F)C(F)(F)F)cc2OC(F)F)c1F. The summed E-state index contributed by atoms with van der Waals surface area (Å²) in [6.45, 7) is -1.89. The van der Waals surface area contributed by atoms with E-state index in [1.807, 2.05) is 5.32 Å². The number of carbonyl (C=O) groups is 3. The highest BCUT2D eigenvalue weighted by molar-refractivity contribution is 6.09. The van der Waals surface area contributed by atoms with Crippen LogP contribution in [0.25, 0.3) is 0 Å². The first-order valence-corrected chi connectivity index (χ1v) is 12.4. The highest BCUT2D eigenvalue weighted by atomic mass is 19.4. The van der Waals surface area contributed by atoms with Crippen molar-refractivity contribution in [3.63, 3.8) is 0 Å². The molecule has 7 nitrogen and oxygen atoms in total. The lowest BCUT2D eigenvalue weighted by Gasteiger charge is -2.31. The van der Waals surface area contributed by atoms with Crippen LogP contribution in [0.4, 0.5) is 55.3 Å². The van der Waals surface area contributed by atoms with Gasteiger partial charge >= 0.3 is 24.6 Å². The van der Waals surface area contributed by atoms with Gasteiger partial charge in [0.2, 0.25) is 0 Å². The van der Waals surface area contributed by atoms with E-state index < -0.39 is 82.0 Å². The Labute approximate surface area is 247 Å². The predicted octanol–water partition coefficient (Wildman–Crippen LogP) is 6.31. The van der Waals surface area contributed by atoms with Gasteiger partial charge in [-0.1, -0.05) is 18.2 Å². The summed E-state index contributed by atoms with van der Waals surface area (Å²) in [5, 5.41) is 12.8. The Morgan fingerprint density at radius 3 is 1.96 bits per heavy atom. The van der Waals surface area contributed by atoms with Crippen LogP contribution in [0.3, 0.4) is 0 Å². The number of amides is 2. The minimum absolute atomic E-state index is 0.00484. The van der Waals surface area contributed by atoms with Gasteiger partial charge in [-0.25, -0.2) is 8.78 Å². The first-order chi connectivity index (χ1) is 20.7. The van der Waals surface area contributed by atoms with Crippen molar-refractivity contribution in [3.8, 4) is 5.75 Å². The Bertz CT molecular complexity index is 1590. The number of aromatic carboxylic acids is 1. The van der Waals surface area contributed by atoms with Crippen LogP contribution in [0.15, 0.2) is 54.6 Å². The van der Waals surface area contributed by atoms with Crippen LogP contribution >= 0.6 is 0 Å². The molecule has 1 N–H and O–H groups in total. The number of carboxylic acids is 1. The van der Waals surface area contributed by atoms with E-state index in [0.717, 1.165) is 54.3 Å². The maximum atomic E-state index is 15.6. The molecule has 0 aliphatic heterocycles. The molecule has 45 heavy (non-hydrogen) atoms. The number of nitrogens with zero attached hydrogens (tertiary/aromatic N) is 1. The van der Waals surface area contributed by atoms with Crippen LogP contribution in [-0.4, -0.2) is 43.3 Å². The van der Waals surface area contributed by atoms with Crippen LogP contribution in [0, 0.1) is 12.7 Å². The molecular formula is C28H19F10N2O5-. The van der Waals surface area contributed by atoms with Gasteiger partial charge in [0.15, 0.2) is 5.82 Å². The van der Waals surface area contributed by atoms with Gasteiger partial charge in [-0.3, -0.25) is 9.59 Å². The Morgan fingerprint density at radius 2 is 1.47 bits per heavy atom. The number of hydrogen-bond donors (Lipinski definition) is 1. The molecule has 2 amide bonds. The van der Waals surface area contributed by atoms with E-state index in [-0.39, 0.29) is 29.8 Å². The zero-order valence-electron chi connectivity index (χ0n) is 22.7. The molecule has 0 saturated carbocycles. The Morgan fingerprint density at radius 1 is 0.911 bits per heavy atom. The zero-order chi connectivity index (χ0) is 34.1. The monoisotopic (exact) mass is 653 g/mol. The fourth-order valence-electron chi connectivity index (χ4n) is 4.20. The number of alkyl halides is 9. The highest BCUT2D eigenvalue weighted by Gasteiger charge is 2.73. The maximum absolute atomic E-state index is 15.6. The van der Waals surface area contributed by atoms with Crippen molar-refractivity contribution in [3.05, 3.63) is 88.2 Å². The van der Waals surface area contributed by atoms with Crippen LogP contribution in [0.1, 0.15) is 49.1 Å². The highest BCUT2D eigenvalue weighted by Crippen LogP contribution is 2.54. The number of anilines is 2. The smallest absolute Gasteiger partial charge is 0.435 e. The number of halogens is 10. The fourth-order valence-corrected chi connectivity index (χ4v) is 4.20. The second-order valence-corrected chi connectivity index (χ2v) is 9.21. The van der Waals surface area contributed by atoms with Crippen molar-refractivity contribution in [1.29, 1.82) is 0 Å². The lowest BCUT2D eigenvalue weighted by Crippen LogP contribution is -2.50. The summed E-state index contributed by atoms with van der Waals surface area (Å²) in [4.78, 5) is 37.9. The van der Waals surface area contributed by atoms with E-state index in [9.17, 15) is 59.0 Å². The number of nitrogens with one attached hydrogen (secondary N) is 1. The molecule has 3 rings (SSSR count). The predicted molar refractivity (Wildman–Crippen MR) is 135 cm³/mol. The van der Waals surface area contributed by atoms with Crippen molar-refractivity contribution in [1.82, 2.24) is 0 Å². The first kappa shape index (κ1) is 34.7. The van der Waals surface area contributed by atoms with Gasteiger partial charge in [0.25, 0.3) is 11.8 Å². The van der Waals surface area contributed by atoms with E-state index in [4.69, 9.17) is 0 Å². The third-order valence-corrected chi connectivity index (χ3v) is 6.38. The molecule has 0 atom stereocenters. The lowest BCUT2D eigenvalue weighted by atomic mass is 9.92. The largest absolute Gasteiger partial charge is 0.545 e. The second kappa shape index (κ2) is 12.6. The molecule has 0 radical (unpaired) electrons. The van der Waals surface area contributed by atoms with Crippen molar-refractivity contribution in [2.75, 3.05) is 16.8 Å². The number of ether oxygens (including phenoxy) is 1. The molecule has 3 aromatic carbocycles. The average Bonchev–Trinajstić information content (AvgIpc) is 2.93. The molecule has 0 aromatic heterocycles. The fraction of sp³-hybridized carbons (Fsp3) is 0.250. The minimum Gasteiger partial charge on any atom is -0.545 e. The first-order valence-electron chi connectivity index (χ1n) is 12.4. The molecule has 3 aromatic rings. The Hall–Kier alpha value is -4.83. The zero-order valence-corrected chi connectivity index (χ0v) is 22.7. The van der Waals surface area contributed by atoms with Gasteiger partial charge < -0.3 is 24.9 Å². The molecule has 0 aliphatic carbocycles. The third kappa shape index (κ3) is 6.81. The van der Waals surface area contributed by atoms with Crippen molar-refractivity contribution < 1.29 is 68.1 Å². The van der Waals surface area contributed by atoms with Crippen molar-refractivity contribution >= 4 is 29.2 Å². The summed E-state index contributed by atoms with van der Waals surface area (Å²) in [6, 6.07) is 7.06. The number of rotatable bonds is 9. The van der Waals surface area contributed by atoms with Gasteiger partial charge in [0.05, 0.1) is 22.9 Å². The van der Waals surface area contributed by atoms with E-state index in [0.29, 0.717) is 0 Å². The van der Waals surface area contributed by atoms with E-state index in [1.54, 1.807) is 0 Å². The van der Waals surface area contributed by atoms with Crippen molar-refractivity contribution in [2.24, 2.45) is 0 Å². The topological polar surface area (TPSA) is 98.8 Å². The number of carboxylic acid groups (broad SMARTS) is 1. The summed E-state index contributed by atoms with van der Waals surface area (Å²) < 4.78 is 140. The van der Waals surface area contributed by atoms with E-state index >= 15 is 4.39 Å². The standard InChI is InChI=1S/C28H20F10N2O5/c1-3-40(23(42)14-7-9-15(10-8-14)24(43)44)18-6-4-5-17(20(18)29)22(41)39-21-13(2)11-16(12-19(21)45-25(30)31)26(32,27(33,34)35)28(36,37)38/h4-12,25H,3H2,1-2H3,(H,39,41)(H,43,44)/p-1. The lowest BCUT2D eigenvalue weighted by molar-refractivity contribution is -0.348.